The fourth-order valence-electron chi connectivity index (χ4n) is 1.69. The number of carbonyl (C=O) groups is 1. The molecule has 100 valence electrons. The first-order chi connectivity index (χ1) is 8.63. The van der Waals surface area contributed by atoms with Crippen molar-refractivity contribution in [2.75, 3.05) is 6.54 Å². The highest BCUT2D eigenvalue weighted by Gasteiger charge is 2.12. The van der Waals surface area contributed by atoms with Crippen LogP contribution in [0.4, 0.5) is 0 Å². The predicted molar refractivity (Wildman–Crippen MR) is 70.0 cm³/mol. The zero-order chi connectivity index (χ0) is 13.4. The van der Waals surface area contributed by atoms with Crippen molar-refractivity contribution in [1.29, 1.82) is 0 Å². The van der Waals surface area contributed by atoms with Gasteiger partial charge in [-0.25, -0.2) is 5.84 Å². The second kappa shape index (κ2) is 7.81. The molecule has 3 N–H and O–H groups in total. The number of hydrazine groups is 1. The average Bonchev–Trinajstić information content (AvgIpc) is 2.35. The summed E-state index contributed by atoms with van der Waals surface area (Å²) in [6.07, 6.45) is 0.315. The topological polar surface area (TPSA) is 67.6 Å². The van der Waals surface area contributed by atoms with Crippen LogP contribution in [0.3, 0.4) is 0 Å². The van der Waals surface area contributed by atoms with Crippen molar-refractivity contribution in [2.24, 2.45) is 5.84 Å². The molecule has 0 aliphatic carbocycles. The highest BCUT2D eigenvalue weighted by Crippen LogP contribution is 2.08. The second-order valence-electron chi connectivity index (χ2n) is 4.39. The lowest BCUT2D eigenvalue weighted by Crippen LogP contribution is -2.34. The van der Waals surface area contributed by atoms with E-state index in [0.29, 0.717) is 19.0 Å². The standard InChI is InChI=1S/C13H21N3O2/c1-11(2)16(9-8-13(17)18-15-14)10-12-6-4-3-5-7-12/h3-7,11,15H,8-10,14H2,1-2H3. The van der Waals surface area contributed by atoms with E-state index >= 15 is 0 Å². The van der Waals surface area contributed by atoms with E-state index in [0.717, 1.165) is 6.54 Å². The highest BCUT2D eigenvalue weighted by atomic mass is 16.7. The predicted octanol–water partition coefficient (Wildman–Crippen LogP) is 1.21. The van der Waals surface area contributed by atoms with Crippen molar-refractivity contribution in [1.82, 2.24) is 10.5 Å². The van der Waals surface area contributed by atoms with Crippen LogP contribution in [0.15, 0.2) is 30.3 Å². The Morgan fingerprint density at radius 2 is 2.06 bits per heavy atom. The lowest BCUT2D eigenvalue weighted by Gasteiger charge is -2.26. The Morgan fingerprint density at radius 3 is 2.61 bits per heavy atom. The summed E-state index contributed by atoms with van der Waals surface area (Å²) in [4.78, 5) is 17.9. The molecule has 0 aliphatic rings. The molecule has 0 fully saturated rings. The van der Waals surface area contributed by atoms with Gasteiger partial charge >= 0.3 is 5.97 Å². The van der Waals surface area contributed by atoms with Gasteiger partial charge in [-0.15, -0.1) is 0 Å². The second-order valence-corrected chi connectivity index (χ2v) is 4.39. The molecule has 1 rings (SSSR count). The third kappa shape index (κ3) is 5.27. The summed E-state index contributed by atoms with van der Waals surface area (Å²) in [7, 11) is 0. The van der Waals surface area contributed by atoms with Crippen molar-refractivity contribution in [2.45, 2.75) is 32.9 Å². The molecule has 5 heteroatoms. The van der Waals surface area contributed by atoms with E-state index < -0.39 is 0 Å². The molecule has 1 aromatic carbocycles. The van der Waals surface area contributed by atoms with Crippen LogP contribution in [0.25, 0.3) is 0 Å². The van der Waals surface area contributed by atoms with Gasteiger partial charge < -0.3 is 4.84 Å². The Labute approximate surface area is 108 Å². The molecule has 0 atom stereocenters. The summed E-state index contributed by atoms with van der Waals surface area (Å²) in [5, 5.41) is 0. The molecule has 0 heterocycles. The van der Waals surface area contributed by atoms with E-state index in [9.17, 15) is 4.79 Å². The van der Waals surface area contributed by atoms with Crippen LogP contribution < -0.4 is 11.4 Å². The number of rotatable bonds is 7. The normalized spacial score (nSPS) is 10.9. The maximum Gasteiger partial charge on any atom is 0.327 e. The Balaban J connectivity index is 2.48. The van der Waals surface area contributed by atoms with E-state index in [1.54, 1.807) is 0 Å². The van der Waals surface area contributed by atoms with Gasteiger partial charge in [0.1, 0.15) is 0 Å². The average molecular weight is 251 g/mol. The zero-order valence-corrected chi connectivity index (χ0v) is 10.9. The maximum atomic E-state index is 11.2. The van der Waals surface area contributed by atoms with E-state index in [1.807, 2.05) is 23.8 Å². The summed E-state index contributed by atoms with van der Waals surface area (Å²) in [6, 6.07) is 10.5. The van der Waals surface area contributed by atoms with Crippen LogP contribution >= 0.6 is 0 Å². The Morgan fingerprint density at radius 1 is 1.39 bits per heavy atom. The molecule has 0 saturated carbocycles. The zero-order valence-electron chi connectivity index (χ0n) is 10.9. The van der Waals surface area contributed by atoms with Gasteiger partial charge in [-0.05, 0) is 19.4 Å². The lowest BCUT2D eigenvalue weighted by molar-refractivity contribution is -0.151. The van der Waals surface area contributed by atoms with E-state index in [4.69, 9.17) is 5.84 Å². The highest BCUT2D eigenvalue weighted by molar-refractivity contribution is 5.69. The van der Waals surface area contributed by atoms with Gasteiger partial charge in [0.15, 0.2) is 0 Å². The smallest absolute Gasteiger partial charge is 0.327 e. The molecular weight excluding hydrogens is 230 g/mol. The lowest BCUT2D eigenvalue weighted by atomic mass is 10.2. The first-order valence-corrected chi connectivity index (χ1v) is 6.06. The largest absolute Gasteiger partial charge is 0.356 e. The van der Waals surface area contributed by atoms with Crippen molar-refractivity contribution in [3.8, 4) is 0 Å². The number of nitrogens with two attached hydrogens (primary N) is 1. The number of nitrogens with zero attached hydrogens (tertiary/aromatic N) is 1. The van der Waals surface area contributed by atoms with Gasteiger partial charge in [0, 0.05) is 19.1 Å². The SMILES string of the molecule is CC(C)N(CCC(=O)ONN)Cc1ccccc1. The number of nitrogens with one attached hydrogen (secondary N) is 1. The third-order valence-electron chi connectivity index (χ3n) is 2.73. The Bertz CT molecular complexity index is 355. The molecule has 5 nitrogen and oxygen atoms in total. The Hall–Kier alpha value is -1.43. The van der Waals surface area contributed by atoms with Gasteiger partial charge in [0.05, 0.1) is 6.42 Å². The van der Waals surface area contributed by atoms with Gasteiger partial charge in [-0.3, -0.25) is 9.69 Å². The van der Waals surface area contributed by atoms with Crippen molar-refractivity contribution < 1.29 is 9.63 Å². The maximum absolute atomic E-state index is 11.2. The number of carbonyl (C=O) groups excluding carboxylic acids is 1. The first kappa shape index (κ1) is 14.6. The number of hydrogen-bond acceptors (Lipinski definition) is 5. The van der Waals surface area contributed by atoms with Crippen LogP contribution in [0.5, 0.6) is 0 Å². The summed E-state index contributed by atoms with van der Waals surface area (Å²) in [5.41, 5.74) is 3.13. The molecule has 0 spiro atoms. The van der Waals surface area contributed by atoms with Gasteiger partial charge in [0.25, 0.3) is 0 Å². The van der Waals surface area contributed by atoms with Gasteiger partial charge in [0.2, 0.25) is 0 Å². The molecular formula is C13H21N3O2. The molecule has 0 unspecified atom stereocenters. The van der Waals surface area contributed by atoms with E-state index in [-0.39, 0.29) is 5.97 Å². The van der Waals surface area contributed by atoms with Crippen LogP contribution in [0.1, 0.15) is 25.8 Å². The van der Waals surface area contributed by atoms with E-state index in [1.165, 1.54) is 5.56 Å². The minimum absolute atomic E-state index is 0.315. The fraction of sp³-hybridized carbons (Fsp3) is 0.462. The molecule has 0 radical (unpaired) electrons. The minimum atomic E-state index is -0.351. The van der Waals surface area contributed by atoms with Crippen LogP contribution in [-0.2, 0) is 16.2 Å². The summed E-state index contributed by atoms with van der Waals surface area (Å²) < 4.78 is 0. The molecule has 0 bridgehead atoms. The molecule has 0 saturated heterocycles. The Kier molecular flexibility index (Phi) is 6.35. The summed E-state index contributed by atoms with van der Waals surface area (Å²) in [5.74, 6) is 4.56. The number of benzene rings is 1. The summed E-state index contributed by atoms with van der Waals surface area (Å²) >= 11 is 0. The minimum Gasteiger partial charge on any atom is -0.356 e. The molecule has 0 aliphatic heterocycles. The van der Waals surface area contributed by atoms with Gasteiger partial charge in [-0.1, -0.05) is 35.9 Å². The first-order valence-electron chi connectivity index (χ1n) is 6.06. The van der Waals surface area contributed by atoms with Crippen LogP contribution in [0, 0.1) is 0 Å². The summed E-state index contributed by atoms with van der Waals surface area (Å²) in [6.45, 7) is 5.68. The monoisotopic (exact) mass is 251 g/mol. The molecule has 18 heavy (non-hydrogen) atoms. The van der Waals surface area contributed by atoms with Crippen LogP contribution in [-0.4, -0.2) is 23.5 Å². The fourth-order valence-corrected chi connectivity index (χ4v) is 1.69. The van der Waals surface area contributed by atoms with E-state index in [2.05, 4.69) is 35.7 Å². The number of hydrogen-bond donors (Lipinski definition) is 2. The van der Waals surface area contributed by atoms with Crippen molar-refractivity contribution in [3.05, 3.63) is 35.9 Å². The quantitative estimate of drug-likeness (QED) is 0.563. The van der Waals surface area contributed by atoms with Crippen LogP contribution in [0.2, 0.25) is 0 Å². The molecule has 0 aromatic heterocycles. The molecule has 1 aromatic rings. The van der Waals surface area contributed by atoms with Crippen molar-refractivity contribution >= 4 is 5.97 Å². The van der Waals surface area contributed by atoms with Gasteiger partial charge in [-0.2, -0.15) is 0 Å². The molecule has 0 amide bonds. The third-order valence-corrected chi connectivity index (χ3v) is 2.73. The van der Waals surface area contributed by atoms with Crippen molar-refractivity contribution in [3.63, 3.8) is 0 Å².